The molecule has 4 heteroatoms. The van der Waals surface area contributed by atoms with Crippen LogP contribution in [0.25, 0.3) is 11.1 Å². The van der Waals surface area contributed by atoms with Crippen LogP contribution in [0, 0.1) is 6.92 Å². The van der Waals surface area contributed by atoms with Crippen LogP contribution in [0.5, 0.6) is 0 Å². The monoisotopic (exact) mass is 918 g/mol. The highest BCUT2D eigenvalue weighted by molar-refractivity contribution is 7.00. The highest BCUT2D eigenvalue weighted by Gasteiger charge is 2.58. The summed E-state index contributed by atoms with van der Waals surface area (Å²) in [5.41, 5.74) is 26.6. The summed E-state index contributed by atoms with van der Waals surface area (Å²) in [4.78, 5) is 8.03. The van der Waals surface area contributed by atoms with Gasteiger partial charge in [0.2, 0.25) is 0 Å². The van der Waals surface area contributed by atoms with Crippen LogP contribution in [0.2, 0.25) is 0 Å². The second kappa shape index (κ2) is 14.8. The Hall–Kier alpha value is -6.00. The first kappa shape index (κ1) is 45.2. The molecule has 3 nitrogen and oxygen atoms in total. The lowest BCUT2D eigenvalue weighted by molar-refractivity contribution is 0.195. The van der Waals surface area contributed by atoms with Gasteiger partial charge in [0.15, 0.2) is 0 Å². The Bertz CT molecular complexity index is 3320. The van der Waals surface area contributed by atoms with Crippen LogP contribution < -0.4 is 31.1 Å². The van der Waals surface area contributed by atoms with E-state index in [1.807, 2.05) is 0 Å². The van der Waals surface area contributed by atoms with Crippen LogP contribution in [0.15, 0.2) is 133 Å². The van der Waals surface area contributed by atoms with E-state index in [-0.39, 0.29) is 39.3 Å². The zero-order valence-electron chi connectivity index (χ0n) is 44.4. The van der Waals surface area contributed by atoms with Crippen LogP contribution in [0.4, 0.5) is 45.5 Å². The van der Waals surface area contributed by atoms with Gasteiger partial charge in [-0.05, 0) is 170 Å². The van der Waals surface area contributed by atoms with E-state index in [0.29, 0.717) is 0 Å². The van der Waals surface area contributed by atoms with Crippen molar-refractivity contribution in [1.29, 1.82) is 0 Å². The minimum Gasteiger partial charge on any atom is -0.334 e. The van der Waals surface area contributed by atoms with Gasteiger partial charge in [-0.1, -0.05) is 169 Å². The summed E-state index contributed by atoms with van der Waals surface area (Å²) in [6.45, 7) is 33.4. The standard InChI is InChI=1S/C66H72BN3/c1-41-35-58-60-59(36-41)69(46-27-29-51-49(39-46)48-19-15-16-20-50(48)64(51,11)12)56-32-24-44(63(8,9)10)38-54(56)67(60)53-30-28-47(40-57(53)68(58)45-25-21-42(22-26-45)61(2,3)4)70-55-31-23-43(62(5,6)7)37-52(55)65(13)33-17-18-34-66(65,70)14/h15-16,19-32,35-40H,17-18,33-34H2,1-14H3. The van der Waals surface area contributed by atoms with E-state index in [1.54, 1.807) is 0 Å². The molecule has 354 valence electrons. The van der Waals surface area contributed by atoms with E-state index in [0.717, 1.165) is 6.42 Å². The molecule has 0 amide bonds. The molecule has 0 radical (unpaired) electrons. The lowest BCUT2D eigenvalue weighted by atomic mass is 9.33. The summed E-state index contributed by atoms with van der Waals surface area (Å²) < 4.78 is 0. The predicted molar refractivity (Wildman–Crippen MR) is 302 cm³/mol. The average Bonchev–Trinajstić information content (AvgIpc) is 3.66. The number of anilines is 8. The van der Waals surface area contributed by atoms with Crippen molar-refractivity contribution in [3.63, 3.8) is 0 Å². The van der Waals surface area contributed by atoms with Crippen molar-refractivity contribution in [3.05, 3.63) is 172 Å². The predicted octanol–water partition coefficient (Wildman–Crippen LogP) is 16.0. The quantitative estimate of drug-likeness (QED) is 0.164. The highest BCUT2D eigenvalue weighted by atomic mass is 15.3. The Morgan fingerprint density at radius 2 is 1.01 bits per heavy atom. The van der Waals surface area contributed by atoms with E-state index >= 15 is 0 Å². The summed E-state index contributed by atoms with van der Waals surface area (Å²) in [5.74, 6) is 0. The first-order chi connectivity index (χ1) is 33.0. The van der Waals surface area contributed by atoms with Gasteiger partial charge in [0.25, 0.3) is 6.71 Å². The molecule has 70 heavy (non-hydrogen) atoms. The second-order valence-corrected chi connectivity index (χ2v) is 25.9. The fraction of sp³-hybridized carbons (Fsp3) is 0.364. The molecule has 0 N–H and O–H groups in total. The maximum absolute atomic E-state index is 2.79. The number of hydrogen-bond donors (Lipinski definition) is 0. The molecule has 1 saturated carbocycles. The van der Waals surface area contributed by atoms with Gasteiger partial charge in [0.1, 0.15) is 0 Å². The minimum atomic E-state index is -0.0705. The van der Waals surface area contributed by atoms with Crippen LogP contribution in [0.3, 0.4) is 0 Å². The van der Waals surface area contributed by atoms with E-state index in [4.69, 9.17) is 0 Å². The maximum Gasteiger partial charge on any atom is 0.252 e. The molecule has 3 aliphatic heterocycles. The lowest BCUT2D eigenvalue weighted by Gasteiger charge is -2.50. The number of hydrogen-bond acceptors (Lipinski definition) is 3. The minimum absolute atomic E-state index is 0.0260. The Morgan fingerprint density at radius 3 is 1.70 bits per heavy atom. The van der Waals surface area contributed by atoms with Crippen molar-refractivity contribution in [3.8, 4) is 11.1 Å². The van der Waals surface area contributed by atoms with Crippen LogP contribution >= 0.6 is 0 Å². The fourth-order valence-corrected chi connectivity index (χ4v) is 13.8. The molecular weight excluding hydrogens is 846 g/mol. The first-order valence-corrected chi connectivity index (χ1v) is 26.3. The molecule has 0 aromatic heterocycles. The van der Waals surface area contributed by atoms with E-state index in [9.17, 15) is 0 Å². The van der Waals surface area contributed by atoms with Crippen molar-refractivity contribution >= 4 is 68.6 Å². The number of nitrogens with zero attached hydrogens (tertiary/aromatic N) is 3. The second-order valence-electron chi connectivity index (χ2n) is 25.9. The summed E-state index contributed by atoms with van der Waals surface area (Å²) in [7, 11) is 0. The molecule has 2 atom stereocenters. The van der Waals surface area contributed by atoms with Gasteiger partial charge < -0.3 is 14.7 Å². The smallest absolute Gasteiger partial charge is 0.252 e. The number of rotatable bonds is 3. The molecule has 0 spiro atoms. The molecular formula is C66H72BN3. The van der Waals surface area contributed by atoms with Gasteiger partial charge in [-0.15, -0.1) is 0 Å². The molecule has 3 heterocycles. The summed E-state index contributed by atoms with van der Waals surface area (Å²) in [5, 5.41) is 0. The van der Waals surface area contributed by atoms with E-state index < -0.39 is 0 Å². The van der Waals surface area contributed by atoms with Gasteiger partial charge in [-0.2, -0.15) is 0 Å². The maximum atomic E-state index is 2.79. The zero-order valence-corrected chi connectivity index (χ0v) is 44.4. The van der Waals surface area contributed by atoms with Crippen LogP contribution in [-0.2, 0) is 27.1 Å². The van der Waals surface area contributed by atoms with Gasteiger partial charge >= 0.3 is 0 Å². The summed E-state index contributed by atoms with van der Waals surface area (Å²) in [6.07, 6.45) is 4.88. The Labute approximate surface area is 420 Å². The van der Waals surface area contributed by atoms with Crippen molar-refractivity contribution in [2.75, 3.05) is 14.7 Å². The van der Waals surface area contributed by atoms with Crippen LogP contribution in [0.1, 0.15) is 155 Å². The molecule has 7 aromatic carbocycles. The van der Waals surface area contributed by atoms with Crippen molar-refractivity contribution in [2.24, 2.45) is 0 Å². The van der Waals surface area contributed by atoms with Gasteiger partial charge in [-0.3, -0.25) is 0 Å². The molecule has 0 saturated heterocycles. The largest absolute Gasteiger partial charge is 0.334 e. The van der Waals surface area contributed by atoms with Gasteiger partial charge in [0, 0.05) is 56.3 Å². The summed E-state index contributed by atoms with van der Waals surface area (Å²) >= 11 is 0. The molecule has 7 aromatic rings. The molecule has 5 aliphatic rings. The number of aryl methyl sites for hydroxylation is 1. The van der Waals surface area contributed by atoms with Crippen molar-refractivity contribution < 1.29 is 0 Å². The molecule has 2 unspecified atom stereocenters. The van der Waals surface area contributed by atoms with E-state index in [1.165, 1.54) is 131 Å². The third kappa shape index (κ3) is 6.33. The first-order valence-electron chi connectivity index (χ1n) is 26.3. The fourth-order valence-electron chi connectivity index (χ4n) is 13.8. The third-order valence-corrected chi connectivity index (χ3v) is 18.1. The van der Waals surface area contributed by atoms with Crippen molar-refractivity contribution in [1.82, 2.24) is 0 Å². The summed E-state index contributed by atoms with van der Waals surface area (Å²) in [6, 6.07) is 53.3. The number of benzene rings is 7. The number of fused-ring (bicyclic) bond motifs is 10. The molecule has 2 aliphatic carbocycles. The molecule has 12 rings (SSSR count). The van der Waals surface area contributed by atoms with Gasteiger partial charge in [0.05, 0.1) is 5.54 Å². The topological polar surface area (TPSA) is 9.72 Å². The third-order valence-electron chi connectivity index (χ3n) is 18.1. The Balaban J connectivity index is 1.12. The lowest BCUT2D eigenvalue weighted by Crippen LogP contribution is -2.61. The van der Waals surface area contributed by atoms with Crippen molar-refractivity contribution in [2.45, 2.75) is 155 Å². The Kier molecular flexibility index (Phi) is 9.54. The molecule has 1 fully saturated rings. The van der Waals surface area contributed by atoms with E-state index in [2.05, 4.69) is 245 Å². The van der Waals surface area contributed by atoms with Gasteiger partial charge in [-0.25, -0.2) is 0 Å². The Morgan fingerprint density at radius 1 is 0.443 bits per heavy atom. The van der Waals surface area contributed by atoms with Crippen LogP contribution in [-0.4, -0.2) is 12.3 Å². The highest BCUT2D eigenvalue weighted by Crippen LogP contribution is 2.62. The average molecular weight is 918 g/mol. The molecule has 0 bridgehead atoms. The SMILES string of the molecule is Cc1cc2c3c(c1)N(c1ccc(C(C)(C)C)cc1)c1cc(N4c5ccc(C(C)(C)C)cc5C5(C)CCCCC45C)ccc1B3c1cc(C(C)(C)C)ccc1N2c1ccc2c(c1)-c1ccccc1C2(C)C. The zero-order chi connectivity index (χ0) is 49.2. The normalized spacial score (nSPS) is 20.6.